The first-order valence-electron chi connectivity index (χ1n) is 3.08. The van der Waals surface area contributed by atoms with E-state index < -0.39 is 0 Å². The summed E-state index contributed by atoms with van der Waals surface area (Å²) < 4.78 is 0. The number of hydrogen-bond acceptors (Lipinski definition) is 2. The predicted octanol–water partition coefficient (Wildman–Crippen LogP) is 1.09. The molecule has 1 unspecified atom stereocenters. The Morgan fingerprint density at radius 2 is 1.56 bits per heavy atom. The van der Waals surface area contributed by atoms with E-state index in [1.165, 1.54) is 0 Å². The maximum Gasteiger partial charge on any atom is 0.123 e. The van der Waals surface area contributed by atoms with Crippen molar-refractivity contribution in [2.75, 3.05) is 7.11 Å². The molecule has 0 spiro atoms. The molecule has 2 nitrogen and oxygen atoms in total. The van der Waals surface area contributed by atoms with Crippen molar-refractivity contribution < 1.29 is 9.90 Å². The number of carbonyl (C=O) groups excluding carboxylic acids is 1. The second-order valence-electron chi connectivity index (χ2n) is 2.24. The molecular formula is C7H16O2. The van der Waals surface area contributed by atoms with Gasteiger partial charge in [-0.3, -0.25) is 0 Å². The largest absolute Gasteiger partial charge is 0.400 e. The first kappa shape index (κ1) is 11.4. The number of aldehydes is 1. The highest BCUT2D eigenvalue weighted by Gasteiger charge is 2.02. The third-order valence-electron chi connectivity index (χ3n) is 1.27. The average Bonchev–Trinajstić information content (AvgIpc) is 1.91. The van der Waals surface area contributed by atoms with E-state index in [0.717, 1.165) is 13.4 Å². The molecule has 0 aliphatic heterocycles. The van der Waals surface area contributed by atoms with Crippen LogP contribution in [0.4, 0.5) is 0 Å². The van der Waals surface area contributed by atoms with Gasteiger partial charge in [0.05, 0.1) is 0 Å². The molecule has 0 aromatic rings. The fourth-order valence-electron chi connectivity index (χ4n) is 0.157. The molecule has 0 heterocycles. The molecule has 0 aliphatic carbocycles. The van der Waals surface area contributed by atoms with E-state index >= 15 is 0 Å². The Labute approximate surface area is 56.9 Å². The van der Waals surface area contributed by atoms with Gasteiger partial charge < -0.3 is 9.90 Å². The maximum atomic E-state index is 9.95. The lowest BCUT2D eigenvalue weighted by atomic mass is 10.0. The summed E-state index contributed by atoms with van der Waals surface area (Å²) >= 11 is 0. The zero-order chi connectivity index (χ0) is 7.86. The summed E-state index contributed by atoms with van der Waals surface area (Å²) in [5.41, 5.74) is 0. The van der Waals surface area contributed by atoms with Crippen LogP contribution in [0.25, 0.3) is 0 Å². The van der Waals surface area contributed by atoms with Gasteiger partial charge in [-0.15, -0.1) is 0 Å². The van der Waals surface area contributed by atoms with Crippen LogP contribution in [0.2, 0.25) is 0 Å². The van der Waals surface area contributed by atoms with Gasteiger partial charge in [-0.05, 0) is 5.92 Å². The third kappa shape index (κ3) is 7.63. The number of rotatable bonds is 2. The van der Waals surface area contributed by atoms with E-state index in [2.05, 4.69) is 0 Å². The van der Waals surface area contributed by atoms with E-state index in [9.17, 15) is 4.79 Å². The van der Waals surface area contributed by atoms with Gasteiger partial charge in [0.1, 0.15) is 6.29 Å². The maximum absolute atomic E-state index is 9.95. The second kappa shape index (κ2) is 7.63. The van der Waals surface area contributed by atoms with Crippen molar-refractivity contribution in [2.24, 2.45) is 11.8 Å². The van der Waals surface area contributed by atoms with Crippen molar-refractivity contribution in [1.82, 2.24) is 0 Å². The molecule has 0 aromatic carbocycles. The molecule has 0 rings (SSSR count). The molecule has 0 bridgehead atoms. The monoisotopic (exact) mass is 132 g/mol. The highest BCUT2D eigenvalue weighted by Crippen LogP contribution is 2.04. The highest BCUT2D eigenvalue weighted by molar-refractivity contribution is 5.52. The first-order chi connectivity index (χ1) is 4.18. The fourth-order valence-corrected chi connectivity index (χ4v) is 0.157. The van der Waals surface area contributed by atoms with Crippen molar-refractivity contribution in [2.45, 2.75) is 20.8 Å². The number of carbonyl (C=O) groups is 1. The zero-order valence-electron chi connectivity index (χ0n) is 6.59. The Hall–Kier alpha value is -0.370. The van der Waals surface area contributed by atoms with Gasteiger partial charge in [-0.1, -0.05) is 20.8 Å². The SMILES string of the molecule is CC(C)C(C)C=O.CO. The van der Waals surface area contributed by atoms with Crippen molar-refractivity contribution >= 4 is 6.29 Å². The van der Waals surface area contributed by atoms with Crippen LogP contribution < -0.4 is 0 Å². The van der Waals surface area contributed by atoms with Crippen molar-refractivity contribution in [3.63, 3.8) is 0 Å². The molecule has 0 aromatic heterocycles. The lowest BCUT2D eigenvalue weighted by Crippen LogP contribution is -2.03. The lowest BCUT2D eigenvalue weighted by molar-refractivity contribution is -0.111. The normalized spacial score (nSPS) is 11.8. The van der Waals surface area contributed by atoms with Crippen molar-refractivity contribution in [3.8, 4) is 0 Å². The summed E-state index contributed by atoms with van der Waals surface area (Å²) in [6.45, 7) is 6.01. The van der Waals surface area contributed by atoms with Crippen molar-refractivity contribution in [1.29, 1.82) is 0 Å². The Morgan fingerprint density at radius 1 is 1.22 bits per heavy atom. The summed E-state index contributed by atoms with van der Waals surface area (Å²) in [4.78, 5) is 9.95. The first-order valence-corrected chi connectivity index (χ1v) is 3.08. The van der Waals surface area contributed by atoms with E-state index in [4.69, 9.17) is 5.11 Å². The van der Waals surface area contributed by atoms with Crippen LogP contribution in [0.5, 0.6) is 0 Å². The molecule has 0 fully saturated rings. The molecule has 2 heteroatoms. The van der Waals surface area contributed by atoms with Crippen LogP contribution in [-0.2, 0) is 4.79 Å². The van der Waals surface area contributed by atoms with E-state index in [-0.39, 0.29) is 5.92 Å². The van der Waals surface area contributed by atoms with E-state index in [1.807, 2.05) is 20.8 Å². The molecule has 0 saturated heterocycles. The summed E-state index contributed by atoms with van der Waals surface area (Å²) in [7, 11) is 1.00. The second-order valence-corrected chi connectivity index (χ2v) is 2.24. The fraction of sp³-hybridized carbons (Fsp3) is 0.857. The highest BCUT2D eigenvalue weighted by atomic mass is 16.2. The minimum absolute atomic E-state index is 0.222. The molecule has 9 heavy (non-hydrogen) atoms. The van der Waals surface area contributed by atoms with Gasteiger partial charge in [-0.25, -0.2) is 0 Å². The predicted molar refractivity (Wildman–Crippen MR) is 38.2 cm³/mol. The van der Waals surface area contributed by atoms with Gasteiger partial charge in [0.15, 0.2) is 0 Å². The van der Waals surface area contributed by atoms with Gasteiger partial charge >= 0.3 is 0 Å². The minimum Gasteiger partial charge on any atom is -0.400 e. The van der Waals surface area contributed by atoms with Crippen LogP contribution in [0.15, 0.2) is 0 Å². The van der Waals surface area contributed by atoms with Gasteiger partial charge in [0, 0.05) is 13.0 Å². The average molecular weight is 132 g/mol. The Balaban J connectivity index is 0. The molecule has 1 atom stereocenters. The van der Waals surface area contributed by atoms with Gasteiger partial charge in [-0.2, -0.15) is 0 Å². The molecule has 1 N–H and O–H groups in total. The summed E-state index contributed by atoms with van der Waals surface area (Å²) in [5, 5.41) is 7.00. The Kier molecular flexibility index (Phi) is 9.69. The van der Waals surface area contributed by atoms with E-state index in [0.29, 0.717) is 5.92 Å². The third-order valence-corrected chi connectivity index (χ3v) is 1.27. The standard InChI is InChI=1S/C6H12O.CH4O/c1-5(2)6(3)4-7;1-2/h4-6H,1-3H3;2H,1H3. The van der Waals surface area contributed by atoms with Crippen LogP contribution >= 0.6 is 0 Å². The van der Waals surface area contributed by atoms with Crippen molar-refractivity contribution in [3.05, 3.63) is 0 Å². The molecule has 0 saturated carbocycles. The van der Waals surface area contributed by atoms with Crippen LogP contribution in [-0.4, -0.2) is 18.5 Å². The number of aliphatic hydroxyl groups is 1. The molecule has 0 aliphatic rings. The van der Waals surface area contributed by atoms with E-state index in [1.54, 1.807) is 0 Å². The smallest absolute Gasteiger partial charge is 0.123 e. The number of aliphatic hydroxyl groups excluding tert-OH is 1. The minimum atomic E-state index is 0.222. The Morgan fingerprint density at radius 3 is 1.56 bits per heavy atom. The molecular weight excluding hydrogens is 116 g/mol. The molecule has 0 amide bonds. The molecule has 0 radical (unpaired) electrons. The lowest BCUT2D eigenvalue weighted by Gasteiger charge is -2.04. The quantitative estimate of drug-likeness (QED) is 0.571. The topological polar surface area (TPSA) is 37.3 Å². The number of hydrogen-bond donors (Lipinski definition) is 1. The summed E-state index contributed by atoms with van der Waals surface area (Å²) in [5.74, 6) is 0.720. The van der Waals surface area contributed by atoms with Crippen LogP contribution in [0.3, 0.4) is 0 Å². The van der Waals surface area contributed by atoms with Crippen LogP contribution in [0, 0.1) is 11.8 Å². The summed E-state index contributed by atoms with van der Waals surface area (Å²) in [6.07, 6.45) is 0.991. The van der Waals surface area contributed by atoms with Crippen LogP contribution in [0.1, 0.15) is 20.8 Å². The Bertz CT molecular complexity index is 59.9. The van der Waals surface area contributed by atoms with Gasteiger partial charge in [0.2, 0.25) is 0 Å². The van der Waals surface area contributed by atoms with Gasteiger partial charge in [0.25, 0.3) is 0 Å². The zero-order valence-corrected chi connectivity index (χ0v) is 6.59. The molecule has 56 valence electrons. The summed E-state index contributed by atoms with van der Waals surface area (Å²) in [6, 6.07) is 0.